The van der Waals surface area contributed by atoms with E-state index < -0.39 is 0 Å². The Hall–Kier alpha value is -3.28. The molecule has 0 aliphatic carbocycles. The van der Waals surface area contributed by atoms with Crippen LogP contribution in [0.25, 0.3) is 21.5 Å². The van der Waals surface area contributed by atoms with Gasteiger partial charge in [0.05, 0.1) is 27.4 Å². The molecule has 34 heavy (non-hydrogen) atoms. The van der Waals surface area contributed by atoms with E-state index >= 15 is 0 Å². The van der Waals surface area contributed by atoms with Crippen molar-refractivity contribution >= 4 is 33.5 Å². The number of esters is 2. The molecule has 0 spiro atoms. The quantitative estimate of drug-likeness (QED) is 0.160. The number of ether oxygens (including phenoxy) is 4. The van der Waals surface area contributed by atoms with Crippen LogP contribution in [0.4, 0.5) is 0 Å². The summed E-state index contributed by atoms with van der Waals surface area (Å²) in [5, 5.41) is 4.10. The van der Waals surface area contributed by atoms with Crippen molar-refractivity contribution in [3.63, 3.8) is 0 Å². The van der Waals surface area contributed by atoms with Gasteiger partial charge in [-0.25, -0.2) is 0 Å². The van der Waals surface area contributed by atoms with Crippen LogP contribution in [0.3, 0.4) is 0 Å². The van der Waals surface area contributed by atoms with Crippen molar-refractivity contribution in [1.29, 1.82) is 0 Å². The lowest BCUT2D eigenvalue weighted by Gasteiger charge is -2.18. The topological polar surface area (TPSA) is 71.1 Å². The van der Waals surface area contributed by atoms with Gasteiger partial charge in [0.2, 0.25) is 0 Å². The summed E-state index contributed by atoms with van der Waals surface area (Å²) in [6, 6.07) is 16.3. The standard InChI is InChI=1S/C28H34O6/c1-31-25(29)17-5-3-11-19-33-27-21-13-7-9-15-23(21)28(24-16-10-8-14-22(24)27)34-20-12-4-6-18-26(30)32-2/h7-10,13-16H,3-6,11-12,17-20H2,1-2H3. The first-order valence-corrected chi connectivity index (χ1v) is 12.0. The summed E-state index contributed by atoms with van der Waals surface area (Å²) < 4.78 is 22.0. The molecule has 0 unspecified atom stereocenters. The number of carbonyl (C=O) groups excluding carboxylic acids is 2. The number of hydrogen-bond donors (Lipinski definition) is 0. The second kappa shape index (κ2) is 13.4. The predicted octanol–water partition coefficient (Wildman–Crippen LogP) is 6.22. The van der Waals surface area contributed by atoms with E-state index in [4.69, 9.17) is 18.9 Å². The van der Waals surface area contributed by atoms with Crippen LogP contribution < -0.4 is 9.47 Å². The van der Waals surface area contributed by atoms with Crippen LogP contribution in [0.1, 0.15) is 51.4 Å². The molecule has 0 aromatic heterocycles. The molecule has 0 saturated heterocycles. The van der Waals surface area contributed by atoms with Gasteiger partial charge in [-0.2, -0.15) is 0 Å². The van der Waals surface area contributed by atoms with Gasteiger partial charge < -0.3 is 18.9 Å². The van der Waals surface area contributed by atoms with Crippen LogP contribution >= 0.6 is 0 Å². The predicted molar refractivity (Wildman–Crippen MR) is 133 cm³/mol. The summed E-state index contributed by atoms with van der Waals surface area (Å²) in [5.74, 6) is 1.39. The minimum Gasteiger partial charge on any atom is -0.492 e. The Morgan fingerprint density at radius 2 is 0.912 bits per heavy atom. The van der Waals surface area contributed by atoms with Crippen molar-refractivity contribution in [2.24, 2.45) is 0 Å². The van der Waals surface area contributed by atoms with E-state index in [9.17, 15) is 9.59 Å². The Labute approximate surface area is 201 Å². The second-order valence-electron chi connectivity index (χ2n) is 8.22. The molecule has 0 N–H and O–H groups in total. The first-order valence-electron chi connectivity index (χ1n) is 12.0. The van der Waals surface area contributed by atoms with Gasteiger partial charge in [0.25, 0.3) is 0 Å². The molecule has 6 nitrogen and oxygen atoms in total. The van der Waals surface area contributed by atoms with Crippen molar-refractivity contribution in [2.45, 2.75) is 51.4 Å². The Morgan fingerprint density at radius 1 is 0.559 bits per heavy atom. The molecule has 0 bridgehead atoms. The van der Waals surface area contributed by atoms with Crippen LogP contribution in [0, 0.1) is 0 Å². The van der Waals surface area contributed by atoms with Gasteiger partial charge in [0, 0.05) is 34.4 Å². The van der Waals surface area contributed by atoms with Crippen molar-refractivity contribution in [3.8, 4) is 11.5 Å². The molecular formula is C28H34O6. The lowest BCUT2D eigenvalue weighted by molar-refractivity contribution is -0.141. The molecule has 3 rings (SSSR count). The lowest BCUT2D eigenvalue weighted by atomic mass is 10.0. The van der Waals surface area contributed by atoms with E-state index in [1.807, 2.05) is 24.3 Å². The van der Waals surface area contributed by atoms with Crippen molar-refractivity contribution in [1.82, 2.24) is 0 Å². The maximum atomic E-state index is 11.3. The van der Waals surface area contributed by atoms with Crippen LogP contribution in [-0.4, -0.2) is 39.4 Å². The zero-order valence-electron chi connectivity index (χ0n) is 20.1. The molecule has 0 heterocycles. The molecule has 0 amide bonds. The van der Waals surface area contributed by atoms with Crippen LogP contribution in [0.5, 0.6) is 11.5 Å². The zero-order chi connectivity index (χ0) is 24.2. The molecule has 0 fully saturated rings. The van der Waals surface area contributed by atoms with Crippen LogP contribution in [-0.2, 0) is 19.1 Å². The fraction of sp³-hybridized carbons (Fsp3) is 0.429. The maximum Gasteiger partial charge on any atom is 0.305 e. The smallest absolute Gasteiger partial charge is 0.305 e. The van der Waals surface area contributed by atoms with Gasteiger partial charge in [-0.05, 0) is 38.5 Å². The van der Waals surface area contributed by atoms with Crippen molar-refractivity contribution in [2.75, 3.05) is 27.4 Å². The highest BCUT2D eigenvalue weighted by Crippen LogP contribution is 2.42. The second-order valence-corrected chi connectivity index (χ2v) is 8.22. The van der Waals surface area contributed by atoms with Crippen molar-refractivity contribution < 1.29 is 28.5 Å². The molecule has 3 aromatic rings. The summed E-state index contributed by atoms with van der Waals surface area (Å²) in [6.45, 7) is 1.16. The third-order valence-corrected chi connectivity index (χ3v) is 5.83. The Morgan fingerprint density at radius 3 is 1.24 bits per heavy atom. The van der Waals surface area contributed by atoms with Crippen molar-refractivity contribution in [3.05, 3.63) is 48.5 Å². The minimum absolute atomic E-state index is 0.169. The number of fused-ring (bicyclic) bond motifs is 2. The minimum atomic E-state index is -0.169. The van der Waals surface area contributed by atoms with E-state index in [0.717, 1.165) is 71.6 Å². The summed E-state index contributed by atoms with van der Waals surface area (Å²) in [6.07, 6.45) is 6.01. The number of unbranched alkanes of at least 4 members (excludes halogenated alkanes) is 4. The highest BCUT2D eigenvalue weighted by Gasteiger charge is 2.15. The largest absolute Gasteiger partial charge is 0.492 e. The van der Waals surface area contributed by atoms with Gasteiger partial charge in [0.15, 0.2) is 0 Å². The number of hydrogen-bond acceptors (Lipinski definition) is 6. The Balaban J connectivity index is 1.70. The molecule has 0 saturated carbocycles. The molecule has 182 valence electrons. The summed E-state index contributed by atoms with van der Waals surface area (Å²) in [4.78, 5) is 22.5. The molecule has 0 aliphatic heterocycles. The zero-order valence-corrected chi connectivity index (χ0v) is 20.1. The summed E-state index contributed by atoms with van der Waals surface area (Å²) in [7, 11) is 2.83. The number of carbonyl (C=O) groups is 2. The Kier molecular flexibility index (Phi) is 10.0. The number of methoxy groups -OCH3 is 2. The van der Waals surface area contributed by atoms with E-state index in [-0.39, 0.29) is 11.9 Å². The summed E-state index contributed by atoms with van der Waals surface area (Å²) in [5.41, 5.74) is 0. The maximum absolute atomic E-state index is 11.3. The van der Waals surface area contributed by atoms with Crippen LogP contribution in [0.15, 0.2) is 48.5 Å². The molecule has 6 heteroatoms. The first-order chi connectivity index (χ1) is 16.7. The van der Waals surface area contributed by atoms with Gasteiger partial charge in [-0.1, -0.05) is 48.5 Å². The van der Waals surface area contributed by atoms with E-state index in [1.54, 1.807) is 0 Å². The molecular weight excluding hydrogens is 432 g/mol. The third-order valence-electron chi connectivity index (χ3n) is 5.83. The molecule has 0 radical (unpaired) electrons. The molecule has 0 aliphatic rings. The first kappa shape index (κ1) is 25.3. The SMILES string of the molecule is COC(=O)CCCCCOc1c2ccccc2c(OCCCCCC(=O)OC)c2ccccc12. The molecule has 3 aromatic carbocycles. The summed E-state index contributed by atoms with van der Waals surface area (Å²) >= 11 is 0. The monoisotopic (exact) mass is 466 g/mol. The Bertz CT molecular complexity index is 948. The van der Waals surface area contributed by atoms with Gasteiger partial charge in [-0.15, -0.1) is 0 Å². The van der Waals surface area contributed by atoms with Gasteiger partial charge in [-0.3, -0.25) is 9.59 Å². The normalized spacial score (nSPS) is 10.9. The highest BCUT2D eigenvalue weighted by atomic mass is 16.5. The van der Waals surface area contributed by atoms with Crippen LogP contribution in [0.2, 0.25) is 0 Å². The fourth-order valence-corrected chi connectivity index (χ4v) is 4.01. The van der Waals surface area contributed by atoms with Gasteiger partial charge in [0.1, 0.15) is 11.5 Å². The number of benzene rings is 3. The number of rotatable bonds is 14. The average molecular weight is 467 g/mol. The molecule has 0 atom stereocenters. The fourth-order valence-electron chi connectivity index (χ4n) is 4.01. The lowest BCUT2D eigenvalue weighted by Crippen LogP contribution is -2.04. The van der Waals surface area contributed by atoms with E-state index in [1.165, 1.54) is 14.2 Å². The van der Waals surface area contributed by atoms with E-state index in [0.29, 0.717) is 26.1 Å². The van der Waals surface area contributed by atoms with Gasteiger partial charge >= 0.3 is 11.9 Å². The highest BCUT2D eigenvalue weighted by molar-refractivity contribution is 6.11. The third kappa shape index (κ3) is 6.86. The van der Waals surface area contributed by atoms with E-state index in [2.05, 4.69) is 24.3 Å². The average Bonchev–Trinajstić information content (AvgIpc) is 2.88.